The minimum absolute atomic E-state index is 0.0931. The summed E-state index contributed by atoms with van der Waals surface area (Å²) in [5.74, 6) is 0.691. The zero-order valence-electron chi connectivity index (χ0n) is 14.7. The second-order valence-corrected chi connectivity index (χ2v) is 6.76. The number of carbonyl (C=O) groups is 1. The number of benzene rings is 2. The molecule has 1 atom stereocenters. The van der Waals surface area contributed by atoms with Crippen molar-refractivity contribution in [3.05, 3.63) is 70.3 Å². The van der Waals surface area contributed by atoms with Gasteiger partial charge in [0.25, 0.3) is 11.5 Å². The Hall–Kier alpha value is -2.99. The summed E-state index contributed by atoms with van der Waals surface area (Å²) in [5, 5.41) is 0.582. The highest BCUT2D eigenvalue weighted by molar-refractivity contribution is 5.96. The van der Waals surface area contributed by atoms with Crippen molar-refractivity contribution in [2.24, 2.45) is 0 Å². The van der Waals surface area contributed by atoms with Crippen LogP contribution in [0.2, 0.25) is 0 Å². The van der Waals surface area contributed by atoms with Crippen molar-refractivity contribution in [3.63, 3.8) is 0 Å². The number of likely N-dealkylation sites (N-methyl/N-ethyl adjacent to an activating group) is 1. The average Bonchev–Trinajstić information content (AvgIpc) is 3.06. The largest absolute Gasteiger partial charge is 0.323 e. The smallest absolute Gasteiger partial charge is 0.282 e. The molecular formula is C20H21N4O2+. The average molecular weight is 349 g/mol. The van der Waals surface area contributed by atoms with E-state index in [1.165, 1.54) is 5.56 Å². The Bertz CT molecular complexity index is 1030. The number of carbonyl (C=O) groups excluding carboxylic acids is 1. The Labute approximate surface area is 151 Å². The second-order valence-electron chi connectivity index (χ2n) is 6.76. The van der Waals surface area contributed by atoms with E-state index in [9.17, 15) is 9.59 Å². The van der Waals surface area contributed by atoms with Crippen LogP contribution in [0.3, 0.4) is 0 Å². The first kappa shape index (κ1) is 16.5. The van der Waals surface area contributed by atoms with Crippen LogP contribution in [-0.2, 0) is 17.8 Å². The lowest BCUT2D eigenvalue weighted by Gasteiger charge is -2.20. The standard InChI is InChI=1S/C20H20N4O2/c1-23(12-18-21-16-8-4-3-7-15(16)20(26)22-18)13-19(25)24-11-10-14-6-2-5-9-17(14)24/h2-9H,10-13H2,1H3,(H,21,22,26)/p+1. The third kappa shape index (κ3) is 3.11. The van der Waals surface area contributed by atoms with E-state index in [0.717, 1.165) is 23.6 Å². The summed E-state index contributed by atoms with van der Waals surface area (Å²) in [7, 11) is 1.94. The van der Waals surface area contributed by atoms with Gasteiger partial charge in [-0.1, -0.05) is 30.3 Å². The van der Waals surface area contributed by atoms with Crippen molar-refractivity contribution < 1.29 is 9.69 Å². The molecule has 2 aromatic carbocycles. The van der Waals surface area contributed by atoms with E-state index in [4.69, 9.17) is 0 Å². The maximum absolute atomic E-state index is 12.7. The van der Waals surface area contributed by atoms with Crippen LogP contribution in [0, 0.1) is 0 Å². The molecular weight excluding hydrogens is 328 g/mol. The van der Waals surface area contributed by atoms with Gasteiger partial charge in [-0.05, 0) is 30.2 Å². The summed E-state index contributed by atoms with van der Waals surface area (Å²) < 4.78 is 0. The number of nitrogens with zero attached hydrogens (tertiary/aromatic N) is 2. The van der Waals surface area contributed by atoms with E-state index in [1.807, 2.05) is 48.3 Å². The van der Waals surface area contributed by atoms with Gasteiger partial charge in [0.05, 0.1) is 18.0 Å². The molecule has 2 heterocycles. The molecule has 2 N–H and O–H groups in total. The summed E-state index contributed by atoms with van der Waals surface area (Å²) in [6, 6.07) is 15.3. The molecule has 0 radical (unpaired) electrons. The molecule has 1 unspecified atom stereocenters. The van der Waals surface area contributed by atoms with E-state index in [-0.39, 0.29) is 11.5 Å². The minimum atomic E-state index is -0.141. The maximum atomic E-state index is 12.7. The SMILES string of the molecule is C[NH+](CC(=O)N1CCc2ccccc21)Cc1nc2ccccc2c(=O)[nH]1. The first-order valence-electron chi connectivity index (χ1n) is 8.79. The van der Waals surface area contributed by atoms with E-state index in [2.05, 4.69) is 16.0 Å². The fourth-order valence-electron chi connectivity index (χ4n) is 3.52. The highest BCUT2D eigenvalue weighted by Crippen LogP contribution is 2.26. The van der Waals surface area contributed by atoms with Gasteiger partial charge in [-0.3, -0.25) is 9.59 Å². The Morgan fingerprint density at radius 3 is 2.85 bits per heavy atom. The van der Waals surface area contributed by atoms with Crippen molar-refractivity contribution >= 4 is 22.5 Å². The van der Waals surface area contributed by atoms with Crippen LogP contribution in [0.1, 0.15) is 11.4 Å². The lowest BCUT2D eigenvalue weighted by molar-refractivity contribution is -0.886. The van der Waals surface area contributed by atoms with Gasteiger partial charge in [-0.2, -0.15) is 0 Å². The summed E-state index contributed by atoms with van der Waals surface area (Å²) in [5.41, 5.74) is 2.78. The van der Waals surface area contributed by atoms with Crippen molar-refractivity contribution in [1.82, 2.24) is 9.97 Å². The highest BCUT2D eigenvalue weighted by Gasteiger charge is 2.26. The zero-order valence-corrected chi connectivity index (χ0v) is 14.7. The number of nitrogens with one attached hydrogen (secondary N) is 2. The van der Waals surface area contributed by atoms with E-state index >= 15 is 0 Å². The number of hydrogen-bond donors (Lipinski definition) is 2. The number of fused-ring (bicyclic) bond motifs is 2. The van der Waals surface area contributed by atoms with Crippen LogP contribution in [0.25, 0.3) is 10.9 Å². The molecule has 4 rings (SSSR count). The molecule has 1 amide bonds. The van der Waals surface area contributed by atoms with Gasteiger partial charge in [0.1, 0.15) is 6.54 Å². The molecule has 0 aliphatic carbocycles. The number of para-hydroxylation sites is 2. The molecule has 0 saturated heterocycles. The Morgan fingerprint density at radius 1 is 1.19 bits per heavy atom. The predicted molar refractivity (Wildman–Crippen MR) is 100 cm³/mol. The molecule has 0 bridgehead atoms. The molecule has 6 nitrogen and oxygen atoms in total. The summed E-state index contributed by atoms with van der Waals surface area (Å²) in [6.45, 7) is 1.57. The first-order valence-corrected chi connectivity index (χ1v) is 8.79. The number of rotatable bonds is 4. The van der Waals surface area contributed by atoms with Gasteiger partial charge in [0.15, 0.2) is 12.4 Å². The molecule has 0 fully saturated rings. The molecule has 1 aromatic heterocycles. The van der Waals surface area contributed by atoms with Crippen LogP contribution in [0.5, 0.6) is 0 Å². The molecule has 1 aliphatic heterocycles. The van der Waals surface area contributed by atoms with E-state index < -0.39 is 0 Å². The molecule has 132 valence electrons. The number of H-pyrrole nitrogens is 1. The number of aromatic nitrogens is 2. The quantitative estimate of drug-likeness (QED) is 0.722. The van der Waals surface area contributed by atoms with Crippen LogP contribution in [0.4, 0.5) is 5.69 Å². The fourth-order valence-corrected chi connectivity index (χ4v) is 3.52. The number of amides is 1. The summed E-state index contributed by atoms with van der Waals surface area (Å²) in [6.07, 6.45) is 0.903. The highest BCUT2D eigenvalue weighted by atomic mass is 16.2. The van der Waals surface area contributed by atoms with Gasteiger partial charge in [0.2, 0.25) is 0 Å². The summed E-state index contributed by atoms with van der Waals surface area (Å²) in [4.78, 5) is 35.1. The maximum Gasteiger partial charge on any atom is 0.282 e. The predicted octanol–water partition coefficient (Wildman–Crippen LogP) is 0.527. The third-order valence-corrected chi connectivity index (χ3v) is 4.77. The molecule has 1 aliphatic rings. The third-order valence-electron chi connectivity index (χ3n) is 4.77. The monoisotopic (exact) mass is 349 g/mol. The van der Waals surface area contributed by atoms with Crippen LogP contribution < -0.4 is 15.4 Å². The van der Waals surface area contributed by atoms with Crippen molar-refractivity contribution in [2.75, 3.05) is 25.0 Å². The molecule has 3 aromatic rings. The molecule has 26 heavy (non-hydrogen) atoms. The van der Waals surface area contributed by atoms with Crippen LogP contribution >= 0.6 is 0 Å². The minimum Gasteiger partial charge on any atom is -0.323 e. The van der Waals surface area contributed by atoms with Crippen molar-refractivity contribution in [2.45, 2.75) is 13.0 Å². The van der Waals surface area contributed by atoms with Crippen LogP contribution in [-0.4, -0.2) is 36.0 Å². The molecule has 6 heteroatoms. The van der Waals surface area contributed by atoms with Gasteiger partial charge < -0.3 is 14.8 Å². The topological polar surface area (TPSA) is 70.5 Å². The van der Waals surface area contributed by atoms with Crippen molar-refractivity contribution in [3.8, 4) is 0 Å². The number of aromatic amines is 1. The lowest BCUT2D eigenvalue weighted by Crippen LogP contribution is -3.09. The second kappa shape index (κ2) is 6.72. The molecule has 0 spiro atoms. The van der Waals surface area contributed by atoms with Gasteiger partial charge in [-0.15, -0.1) is 0 Å². The van der Waals surface area contributed by atoms with E-state index in [0.29, 0.717) is 29.8 Å². The Kier molecular flexibility index (Phi) is 4.26. The first-order chi connectivity index (χ1) is 12.6. The van der Waals surface area contributed by atoms with Gasteiger partial charge in [0, 0.05) is 12.2 Å². The van der Waals surface area contributed by atoms with Crippen LogP contribution in [0.15, 0.2) is 53.3 Å². The zero-order chi connectivity index (χ0) is 18.1. The van der Waals surface area contributed by atoms with E-state index in [1.54, 1.807) is 6.07 Å². The van der Waals surface area contributed by atoms with Gasteiger partial charge >= 0.3 is 0 Å². The lowest BCUT2D eigenvalue weighted by atomic mass is 10.2. The number of anilines is 1. The van der Waals surface area contributed by atoms with Gasteiger partial charge in [-0.25, -0.2) is 4.98 Å². The normalized spacial score (nSPS) is 14.4. The number of hydrogen-bond acceptors (Lipinski definition) is 3. The number of quaternary nitrogens is 1. The fraction of sp³-hybridized carbons (Fsp3) is 0.250. The molecule has 0 saturated carbocycles. The van der Waals surface area contributed by atoms with Crippen molar-refractivity contribution in [1.29, 1.82) is 0 Å². The summed E-state index contributed by atoms with van der Waals surface area (Å²) >= 11 is 0. The Morgan fingerprint density at radius 2 is 1.96 bits per heavy atom. The Balaban J connectivity index is 1.47.